The molecule has 3 rings (SSSR count). The lowest BCUT2D eigenvalue weighted by atomic mass is 10.2. The van der Waals surface area contributed by atoms with Crippen LogP contribution in [0.15, 0.2) is 68.6 Å². The van der Waals surface area contributed by atoms with E-state index in [4.69, 9.17) is 0 Å². The van der Waals surface area contributed by atoms with Crippen LogP contribution in [0.2, 0.25) is 0 Å². The van der Waals surface area contributed by atoms with Gasteiger partial charge < -0.3 is 0 Å². The predicted octanol–water partition coefficient (Wildman–Crippen LogP) is 2.25. The molecule has 0 aromatic heterocycles. The third-order valence-electron chi connectivity index (χ3n) is 3.04. The summed E-state index contributed by atoms with van der Waals surface area (Å²) in [7, 11) is -7.96. The summed E-state index contributed by atoms with van der Waals surface area (Å²) in [6, 6.07) is 14.2. The van der Waals surface area contributed by atoms with Crippen molar-refractivity contribution in [3.8, 4) is 0 Å². The number of rotatable bonds is 1. The maximum absolute atomic E-state index is 12.4. The van der Waals surface area contributed by atoms with Crippen LogP contribution in [0, 0.1) is 0 Å². The molecule has 0 spiro atoms. The second kappa shape index (κ2) is 4.29. The van der Waals surface area contributed by atoms with E-state index >= 15 is 0 Å². The Balaban J connectivity index is 2.33. The standard InChI is InChI=1S/C14H10O4S2/c15-19(16)12-8-4-5-9-13(12)20(17,18)14(19)10-11-6-2-1-3-7-11/h1-10H. The maximum atomic E-state index is 12.4. The zero-order valence-corrected chi connectivity index (χ0v) is 11.9. The van der Waals surface area contributed by atoms with Crippen LogP contribution in [0.25, 0.3) is 6.08 Å². The highest BCUT2D eigenvalue weighted by Crippen LogP contribution is 2.41. The molecular weight excluding hydrogens is 296 g/mol. The van der Waals surface area contributed by atoms with Gasteiger partial charge in [0.15, 0.2) is 4.24 Å². The van der Waals surface area contributed by atoms with Gasteiger partial charge >= 0.3 is 0 Å². The molecule has 0 fully saturated rings. The van der Waals surface area contributed by atoms with Gasteiger partial charge in [0, 0.05) is 0 Å². The molecule has 1 heterocycles. The second-order valence-electron chi connectivity index (χ2n) is 4.33. The molecule has 0 aliphatic carbocycles. The first kappa shape index (κ1) is 13.1. The van der Waals surface area contributed by atoms with Crippen molar-refractivity contribution >= 4 is 25.8 Å². The van der Waals surface area contributed by atoms with Gasteiger partial charge in [-0.15, -0.1) is 0 Å². The minimum atomic E-state index is -3.98. The molecule has 0 radical (unpaired) electrons. The third kappa shape index (κ3) is 1.80. The van der Waals surface area contributed by atoms with Crippen molar-refractivity contribution in [2.24, 2.45) is 0 Å². The van der Waals surface area contributed by atoms with Gasteiger partial charge in [0.1, 0.15) is 0 Å². The fourth-order valence-electron chi connectivity index (χ4n) is 2.10. The normalized spacial score (nSPS) is 18.5. The minimum Gasteiger partial charge on any atom is -0.218 e. The Morgan fingerprint density at radius 3 is 1.60 bits per heavy atom. The molecule has 2 aromatic carbocycles. The Bertz CT molecular complexity index is 854. The largest absolute Gasteiger partial charge is 0.219 e. The molecule has 0 bridgehead atoms. The second-order valence-corrected chi connectivity index (χ2v) is 8.36. The van der Waals surface area contributed by atoms with Crippen LogP contribution in [0.3, 0.4) is 0 Å². The Kier molecular flexibility index (Phi) is 2.81. The fraction of sp³-hybridized carbons (Fsp3) is 0. The molecule has 0 N–H and O–H groups in total. The summed E-state index contributed by atoms with van der Waals surface area (Å²) >= 11 is 0. The van der Waals surface area contributed by atoms with Crippen LogP contribution in [-0.2, 0) is 19.7 Å². The van der Waals surface area contributed by atoms with Gasteiger partial charge in [-0.25, -0.2) is 16.8 Å². The quantitative estimate of drug-likeness (QED) is 0.810. The lowest BCUT2D eigenvalue weighted by molar-refractivity contribution is 0.603. The Morgan fingerprint density at radius 2 is 1.10 bits per heavy atom. The van der Waals surface area contributed by atoms with Crippen LogP contribution in [-0.4, -0.2) is 16.8 Å². The first-order valence-corrected chi connectivity index (χ1v) is 8.76. The molecule has 20 heavy (non-hydrogen) atoms. The summed E-state index contributed by atoms with van der Waals surface area (Å²) in [5.74, 6) is 0. The van der Waals surface area contributed by atoms with Crippen LogP contribution < -0.4 is 0 Å². The third-order valence-corrected chi connectivity index (χ3v) is 7.65. The lowest BCUT2D eigenvalue weighted by Gasteiger charge is -1.98. The zero-order chi connectivity index (χ0) is 14.4. The summed E-state index contributed by atoms with van der Waals surface area (Å²) < 4.78 is 48.9. The SMILES string of the molecule is O=S1(=O)C(=Cc2ccccc2)S(=O)(=O)c2ccccc21. The molecule has 0 saturated heterocycles. The molecule has 0 unspecified atom stereocenters. The van der Waals surface area contributed by atoms with Crippen molar-refractivity contribution in [2.45, 2.75) is 9.79 Å². The summed E-state index contributed by atoms with van der Waals surface area (Å²) in [6.07, 6.45) is 1.20. The van der Waals surface area contributed by atoms with Gasteiger partial charge in [0.05, 0.1) is 9.79 Å². The van der Waals surface area contributed by atoms with Crippen molar-refractivity contribution in [2.75, 3.05) is 0 Å². The van der Waals surface area contributed by atoms with Crippen molar-refractivity contribution in [3.05, 3.63) is 64.4 Å². The smallest absolute Gasteiger partial charge is 0.218 e. The molecule has 102 valence electrons. The van der Waals surface area contributed by atoms with Crippen LogP contribution in [0.4, 0.5) is 0 Å². The summed E-state index contributed by atoms with van der Waals surface area (Å²) in [5.41, 5.74) is 0.530. The molecule has 6 heteroatoms. The molecule has 4 nitrogen and oxygen atoms in total. The van der Waals surface area contributed by atoms with Crippen LogP contribution in [0.1, 0.15) is 5.56 Å². The Morgan fingerprint density at radius 1 is 0.650 bits per heavy atom. The van der Waals surface area contributed by atoms with Gasteiger partial charge in [0.2, 0.25) is 19.7 Å². The van der Waals surface area contributed by atoms with Crippen molar-refractivity contribution in [1.29, 1.82) is 0 Å². The van der Waals surface area contributed by atoms with Gasteiger partial charge in [0.25, 0.3) is 0 Å². The van der Waals surface area contributed by atoms with Crippen LogP contribution >= 0.6 is 0 Å². The Hall–Kier alpha value is -1.92. The molecular formula is C14H10O4S2. The average molecular weight is 306 g/mol. The Labute approximate surface area is 117 Å². The molecule has 1 aliphatic heterocycles. The molecule has 1 aliphatic rings. The van der Waals surface area contributed by atoms with E-state index in [-0.39, 0.29) is 9.79 Å². The van der Waals surface area contributed by atoms with E-state index < -0.39 is 23.9 Å². The van der Waals surface area contributed by atoms with E-state index in [1.165, 1.54) is 30.3 Å². The van der Waals surface area contributed by atoms with E-state index in [9.17, 15) is 16.8 Å². The number of hydrogen-bond acceptors (Lipinski definition) is 4. The number of fused-ring (bicyclic) bond motifs is 1. The van der Waals surface area contributed by atoms with Crippen molar-refractivity contribution in [1.82, 2.24) is 0 Å². The van der Waals surface area contributed by atoms with Gasteiger partial charge in [-0.3, -0.25) is 0 Å². The average Bonchev–Trinajstić information content (AvgIpc) is 2.59. The van der Waals surface area contributed by atoms with Gasteiger partial charge in [-0.2, -0.15) is 0 Å². The number of sulfone groups is 2. The monoisotopic (exact) mass is 306 g/mol. The van der Waals surface area contributed by atoms with Crippen molar-refractivity contribution < 1.29 is 16.8 Å². The first-order chi connectivity index (χ1) is 9.44. The van der Waals surface area contributed by atoms with Gasteiger partial charge in [-0.1, -0.05) is 42.5 Å². The molecule has 0 amide bonds. The van der Waals surface area contributed by atoms with E-state index in [0.29, 0.717) is 5.56 Å². The molecule has 2 aromatic rings. The van der Waals surface area contributed by atoms with E-state index in [1.54, 1.807) is 30.3 Å². The van der Waals surface area contributed by atoms with Crippen molar-refractivity contribution in [3.63, 3.8) is 0 Å². The van der Waals surface area contributed by atoms with E-state index in [1.807, 2.05) is 0 Å². The topological polar surface area (TPSA) is 68.3 Å². The minimum absolute atomic E-state index is 0.151. The number of benzene rings is 2. The highest BCUT2D eigenvalue weighted by atomic mass is 32.3. The lowest BCUT2D eigenvalue weighted by Crippen LogP contribution is -2.03. The van der Waals surface area contributed by atoms with Crippen LogP contribution in [0.5, 0.6) is 0 Å². The van der Waals surface area contributed by atoms with E-state index in [2.05, 4.69) is 0 Å². The predicted molar refractivity (Wildman–Crippen MR) is 75.2 cm³/mol. The maximum Gasteiger partial charge on any atom is 0.219 e. The van der Waals surface area contributed by atoms with E-state index in [0.717, 1.165) is 0 Å². The summed E-state index contributed by atoms with van der Waals surface area (Å²) in [6.45, 7) is 0. The molecule has 0 atom stereocenters. The first-order valence-electron chi connectivity index (χ1n) is 5.80. The highest BCUT2D eigenvalue weighted by molar-refractivity contribution is 8.17. The summed E-state index contributed by atoms with van der Waals surface area (Å²) in [5, 5.41) is 0. The highest BCUT2D eigenvalue weighted by Gasteiger charge is 2.44. The zero-order valence-electron chi connectivity index (χ0n) is 10.2. The summed E-state index contributed by atoms with van der Waals surface area (Å²) in [4.78, 5) is -0.302. The fourth-order valence-corrected chi connectivity index (χ4v) is 6.65. The molecule has 0 saturated carbocycles. The number of hydrogen-bond donors (Lipinski definition) is 0. The van der Waals surface area contributed by atoms with Gasteiger partial charge in [-0.05, 0) is 23.8 Å².